The summed E-state index contributed by atoms with van der Waals surface area (Å²) < 4.78 is 15.7. The summed E-state index contributed by atoms with van der Waals surface area (Å²) in [6, 6.07) is 14.3. The molecule has 1 N–H and O–H groups in total. The van der Waals surface area contributed by atoms with Gasteiger partial charge in [0.1, 0.15) is 11.5 Å². The number of nitrogens with one attached hydrogen (secondary N) is 1. The van der Waals surface area contributed by atoms with Crippen molar-refractivity contribution in [1.29, 1.82) is 0 Å². The highest BCUT2D eigenvalue weighted by atomic mass is 16.5. The van der Waals surface area contributed by atoms with Crippen molar-refractivity contribution in [3.8, 4) is 22.9 Å². The van der Waals surface area contributed by atoms with Crippen molar-refractivity contribution in [2.45, 2.75) is 6.92 Å². The van der Waals surface area contributed by atoms with Crippen molar-refractivity contribution >= 4 is 11.6 Å². The summed E-state index contributed by atoms with van der Waals surface area (Å²) in [7, 11) is 1.55. The van der Waals surface area contributed by atoms with Gasteiger partial charge in [-0.3, -0.25) is 4.79 Å². The zero-order chi connectivity index (χ0) is 17.6. The van der Waals surface area contributed by atoms with Crippen molar-refractivity contribution in [3.05, 3.63) is 54.4 Å². The summed E-state index contributed by atoms with van der Waals surface area (Å²) in [5.74, 6) is 1.80. The molecule has 1 heterocycles. The van der Waals surface area contributed by atoms with Crippen molar-refractivity contribution in [2.75, 3.05) is 19.0 Å². The molecule has 0 radical (unpaired) electrons. The van der Waals surface area contributed by atoms with E-state index in [1.807, 2.05) is 18.2 Å². The van der Waals surface area contributed by atoms with Crippen LogP contribution >= 0.6 is 0 Å². The lowest BCUT2D eigenvalue weighted by atomic mass is 10.2. The number of carbonyl (C=O) groups is 1. The second-order valence-corrected chi connectivity index (χ2v) is 5.20. The van der Waals surface area contributed by atoms with Gasteiger partial charge >= 0.3 is 0 Å². The number of ether oxygens (including phenoxy) is 2. The van der Waals surface area contributed by atoms with Crippen molar-refractivity contribution < 1.29 is 18.8 Å². The average molecular weight is 339 g/mol. The Bertz CT molecular complexity index is 876. The molecular weight excluding hydrogens is 322 g/mol. The number of hydrogen-bond donors (Lipinski definition) is 1. The van der Waals surface area contributed by atoms with Gasteiger partial charge in [0.15, 0.2) is 6.61 Å². The van der Waals surface area contributed by atoms with Gasteiger partial charge in [-0.2, -0.15) is 4.98 Å². The number of benzene rings is 2. The fourth-order valence-electron chi connectivity index (χ4n) is 2.22. The van der Waals surface area contributed by atoms with Crippen LogP contribution in [0.5, 0.6) is 11.5 Å². The first-order valence-electron chi connectivity index (χ1n) is 7.62. The van der Waals surface area contributed by atoms with Crippen molar-refractivity contribution in [3.63, 3.8) is 0 Å². The second kappa shape index (κ2) is 7.48. The molecule has 0 aliphatic rings. The van der Waals surface area contributed by atoms with E-state index in [1.165, 1.54) is 0 Å². The van der Waals surface area contributed by atoms with E-state index in [0.717, 1.165) is 5.56 Å². The maximum absolute atomic E-state index is 12.1. The van der Waals surface area contributed by atoms with E-state index in [-0.39, 0.29) is 12.5 Å². The minimum Gasteiger partial charge on any atom is -0.495 e. The van der Waals surface area contributed by atoms with Crippen LogP contribution in [-0.4, -0.2) is 29.8 Å². The van der Waals surface area contributed by atoms with E-state index < -0.39 is 0 Å². The number of aryl methyl sites for hydroxylation is 1. The molecule has 7 heteroatoms. The molecule has 3 rings (SSSR count). The van der Waals surface area contributed by atoms with E-state index in [4.69, 9.17) is 14.0 Å². The standard InChI is InChI=1S/C18H17N3O4/c1-12-19-18(21-25-12)13-6-5-7-14(10-13)24-11-17(22)20-15-8-3-4-9-16(15)23-2/h3-10H,11H2,1-2H3,(H,20,22). The number of methoxy groups -OCH3 is 1. The molecule has 128 valence electrons. The van der Waals surface area contributed by atoms with Gasteiger partial charge in [-0.1, -0.05) is 29.4 Å². The number of aromatic nitrogens is 2. The third-order valence-electron chi connectivity index (χ3n) is 3.37. The Morgan fingerprint density at radius 3 is 2.80 bits per heavy atom. The Hall–Kier alpha value is -3.35. The Kier molecular flexibility index (Phi) is 4.94. The van der Waals surface area contributed by atoms with Crippen LogP contribution in [0, 0.1) is 6.92 Å². The second-order valence-electron chi connectivity index (χ2n) is 5.20. The lowest BCUT2D eigenvalue weighted by Gasteiger charge is -2.10. The SMILES string of the molecule is COc1ccccc1NC(=O)COc1cccc(-c2noc(C)n2)c1. The van der Waals surface area contributed by atoms with Crippen LogP contribution in [-0.2, 0) is 4.79 Å². The quantitative estimate of drug-likeness (QED) is 0.743. The Balaban J connectivity index is 1.62. The smallest absolute Gasteiger partial charge is 0.262 e. The molecule has 0 unspecified atom stereocenters. The minimum atomic E-state index is -0.287. The van der Waals surface area contributed by atoms with Gasteiger partial charge in [-0.15, -0.1) is 0 Å². The number of rotatable bonds is 6. The van der Waals surface area contributed by atoms with E-state index >= 15 is 0 Å². The first-order valence-corrected chi connectivity index (χ1v) is 7.62. The molecule has 0 fully saturated rings. The summed E-state index contributed by atoms with van der Waals surface area (Å²) in [6.07, 6.45) is 0. The predicted octanol–water partition coefficient (Wildman–Crippen LogP) is 3.07. The molecule has 2 aromatic carbocycles. The maximum Gasteiger partial charge on any atom is 0.262 e. The normalized spacial score (nSPS) is 10.3. The number of carbonyl (C=O) groups excluding carboxylic acids is 1. The summed E-state index contributed by atoms with van der Waals surface area (Å²) in [4.78, 5) is 16.2. The van der Waals surface area contributed by atoms with Gasteiger partial charge in [0.25, 0.3) is 5.91 Å². The first kappa shape index (κ1) is 16.5. The molecule has 7 nitrogen and oxygen atoms in total. The largest absolute Gasteiger partial charge is 0.495 e. The zero-order valence-corrected chi connectivity index (χ0v) is 13.9. The minimum absolute atomic E-state index is 0.132. The van der Waals surface area contributed by atoms with Gasteiger partial charge in [0.2, 0.25) is 11.7 Å². The Morgan fingerprint density at radius 1 is 1.20 bits per heavy atom. The van der Waals surface area contributed by atoms with Crippen LogP contribution in [0.2, 0.25) is 0 Å². The van der Waals surface area contributed by atoms with E-state index in [1.54, 1.807) is 44.4 Å². The molecule has 3 aromatic rings. The number of hydrogen-bond acceptors (Lipinski definition) is 6. The molecule has 0 saturated carbocycles. The van der Waals surface area contributed by atoms with E-state index in [9.17, 15) is 4.79 Å². The van der Waals surface area contributed by atoms with Crippen LogP contribution in [0.15, 0.2) is 53.1 Å². The molecule has 1 amide bonds. The Labute approximate surface area is 144 Å². The van der Waals surface area contributed by atoms with Crippen LogP contribution in [0.3, 0.4) is 0 Å². The van der Waals surface area contributed by atoms with E-state index in [0.29, 0.717) is 28.9 Å². The number of amides is 1. The zero-order valence-electron chi connectivity index (χ0n) is 13.9. The molecule has 0 aliphatic carbocycles. The number of para-hydroxylation sites is 2. The first-order chi connectivity index (χ1) is 12.2. The highest BCUT2D eigenvalue weighted by Gasteiger charge is 2.10. The molecule has 0 atom stereocenters. The number of nitrogens with zero attached hydrogens (tertiary/aromatic N) is 2. The van der Waals surface area contributed by atoms with Gasteiger partial charge in [-0.25, -0.2) is 0 Å². The topological polar surface area (TPSA) is 86.5 Å². The summed E-state index contributed by atoms with van der Waals surface area (Å²) in [6.45, 7) is 1.59. The van der Waals surface area contributed by atoms with Crippen molar-refractivity contribution in [2.24, 2.45) is 0 Å². The molecular formula is C18H17N3O4. The van der Waals surface area contributed by atoms with Crippen LogP contribution in [0.4, 0.5) is 5.69 Å². The molecule has 0 bridgehead atoms. The van der Waals surface area contributed by atoms with Crippen LogP contribution in [0.1, 0.15) is 5.89 Å². The third-order valence-corrected chi connectivity index (χ3v) is 3.37. The van der Waals surface area contributed by atoms with Crippen LogP contribution < -0.4 is 14.8 Å². The van der Waals surface area contributed by atoms with Crippen LogP contribution in [0.25, 0.3) is 11.4 Å². The summed E-state index contributed by atoms with van der Waals surface area (Å²) in [5.41, 5.74) is 1.34. The fourth-order valence-corrected chi connectivity index (χ4v) is 2.22. The molecule has 0 spiro atoms. The average Bonchev–Trinajstić information content (AvgIpc) is 3.07. The highest BCUT2D eigenvalue weighted by molar-refractivity contribution is 5.93. The lowest BCUT2D eigenvalue weighted by molar-refractivity contribution is -0.118. The maximum atomic E-state index is 12.1. The lowest BCUT2D eigenvalue weighted by Crippen LogP contribution is -2.20. The summed E-state index contributed by atoms with van der Waals surface area (Å²) >= 11 is 0. The molecule has 1 aromatic heterocycles. The van der Waals surface area contributed by atoms with Gasteiger partial charge in [0, 0.05) is 12.5 Å². The van der Waals surface area contributed by atoms with Gasteiger partial charge < -0.3 is 19.3 Å². The highest BCUT2D eigenvalue weighted by Crippen LogP contribution is 2.23. The van der Waals surface area contributed by atoms with Gasteiger partial charge in [-0.05, 0) is 24.3 Å². The molecule has 25 heavy (non-hydrogen) atoms. The predicted molar refractivity (Wildman–Crippen MR) is 91.6 cm³/mol. The molecule has 0 saturated heterocycles. The van der Waals surface area contributed by atoms with E-state index in [2.05, 4.69) is 15.5 Å². The fraction of sp³-hybridized carbons (Fsp3) is 0.167. The third kappa shape index (κ3) is 4.14. The Morgan fingerprint density at radius 2 is 2.04 bits per heavy atom. The van der Waals surface area contributed by atoms with Gasteiger partial charge in [0.05, 0.1) is 12.8 Å². The van der Waals surface area contributed by atoms with Crippen molar-refractivity contribution in [1.82, 2.24) is 10.1 Å². The molecule has 0 aliphatic heterocycles. The number of anilines is 1. The summed E-state index contributed by atoms with van der Waals surface area (Å²) in [5, 5.41) is 6.62. The monoisotopic (exact) mass is 339 g/mol.